The maximum atomic E-state index is 12.1. The lowest BCUT2D eigenvalue weighted by Gasteiger charge is -2.17. The van der Waals surface area contributed by atoms with E-state index in [2.05, 4.69) is 26.3 Å². The van der Waals surface area contributed by atoms with E-state index in [1.54, 1.807) is 24.7 Å². The van der Waals surface area contributed by atoms with Gasteiger partial charge in [0.2, 0.25) is 0 Å². The van der Waals surface area contributed by atoms with Crippen molar-refractivity contribution in [2.75, 3.05) is 0 Å². The van der Waals surface area contributed by atoms with Crippen LogP contribution in [0.5, 0.6) is 0 Å². The van der Waals surface area contributed by atoms with E-state index < -0.39 is 17.9 Å². The number of aliphatic carboxylic acids is 1. The van der Waals surface area contributed by atoms with Crippen LogP contribution in [0.15, 0.2) is 41.1 Å². The fourth-order valence-corrected chi connectivity index (χ4v) is 2.33. The number of carbonyl (C=O) groups is 2. The fourth-order valence-electron chi connectivity index (χ4n) is 1.94. The van der Waals surface area contributed by atoms with Crippen molar-refractivity contribution in [2.24, 2.45) is 5.92 Å². The van der Waals surface area contributed by atoms with Crippen molar-refractivity contribution in [3.05, 3.63) is 46.7 Å². The lowest BCUT2D eigenvalue weighted by molar-refractivity contribution is -0.140. The minimum Gasteiger partial charge on any atom is -0.480 e. The van der Waals surface area contributed by atoms with Gasteiger partial charge in [-0.1, -0.05) is 35.8 Å². The molecule has 0 unspecified atom stereocenters. The quantitative estimate of drug-likeness (QED) is 0.852. The van der Waals surface area contributed by atoms with E-state index in [4.69, 9.17) is 5.11 Å². The molecule has 0 saturated carbocycles. The number of aromatic nitrogens is 2. The number of hydrogen-bond acceptors (Lipinski definition) is 3. The first-order valence-electron chi connectivity index (χ1n) is 6.72. The maximum absolute atomic E-state index is 12.1. The predicted molar refractivity (Wildman–Crippen MR) is 85.0 cm³/mol. The first-order chi connectivity index (χ1) is 10.4. The van der Waals surface area contributed by atoms with Crippen LogP contribution in [0, 0.1) is 5.92 Å². The molecule has 1 aromatic heterocycles. The monoisotopic (exact) mass is 365 g/mol. The van der Waals surface area contributed by atoms with E-state index in [9.17, 15) is 9.59 Å². The van der Waals surface area contributed by atoms with E-state index in [1.807, 2.05) is 24.3 Å². The summed E-state index contributed by atoms with van der Waals surface area (Å²) in [5.41, 5.74) is 1.11. The van der Waals surface area contributed by atoms with Gasteiger partial charge in [0.1, 0.15) is 6.04 Å². The van der Waals surface area contributed by atoms with Crippen molar-refractivity contribution >= 4 is 27.8 Å². The zero-order valence-corrected chi connectivity index (χ0v) is 13.7. The normalized spacial score (nSPS) is 12.2. The standard InChI is InChI=1S/C15H16BrN3O3/c1-9(2)13(15(21)22)18-14(20)10-7-17-19(8-10)12-5-3-4-11(16)6-12/h3-9,13H,1-2H3,(H,18,20)(H,21,22)/t13-/m0/s1. The molecule has 0 fully saturated rings. The zero-order chi connectivity index (χ0) is 16.3. The van der Waals surface area contributed by atoms with Crippen molar-refractivity contribution in [2.45, 2.75) is 19.9 Å². The Morgan fingerprint density at radius 1 is 1.36 bits per heavy atom. The van der Waals surface area contributed by atoms with Gasteiger partial charge in [-0.15, -0.1) is 0 Å². The van der Waals surface area contributed by atoms with Crippen LogP contribution in [-0.2, 0) is 4.79 Å². The van der Waals surface area contributed by atoms with Gasteiger partial charge in [0, 0.05) is 10.7 Å². The predicted octanol–water partition coefficient (Wildman–Crippen LogP) is 2.47. The lowest BCUT2D eigenvalue weighted by Crippen LogP contribution is -2.44. The van der Waals surface area contributed by atoms with Crippen LogP contribution in [0.2, 0.25) is 0 Å². The summed E-state index contributed by atoms with van der Waals surface area (Å²) in [7, 11) is 0. The van der Waals surface area contributed by atoms with Gasteiger partial charge in [0.15, 0.2) is 0 Å². The third-order valence-corrected chi connectivity index (χ3v) is 3.63. The van der Waals surface area contributed by atoms with Gasteiger partial charge < -0.3 is 10.4 Å². The smallest absolute Gasteiger partial charge is 0.326 e. The van der Waals surface area contributed by atoms with Gasteiger partial charge in [-0.05, 0) is 24.1 Å². The highest BCUT2D eigenvalue weighted by molar-refractivity contribution is 9.10. The zero-order valence-electron chi connectivity index (χ0n) is 12.2. The second-order valence-corrected chi connectivity index (χ2v) is 6.10. The number of nitrogens with zero attached hydrogens (tertiary/aromatic N) is 2. The van der Waals surface area contributed by atoms with Crippen LogP contribution in [-0.4, -0.2) is 32.8 Å². The molecule has 1 atom stereocenters. The largest absolute Gasteiger partial charge is 0.480 e. The van der Waals surface area contributed by atoms with Crippen LogP contribution < -0.4 is 5.32 Å². The molecular weight excluding hydrogens is 350 g/mol. The summed E-state index contributed by atoms with van der Waals surface area (Å²) in [6.45, 7) is 3.48. The second-order valence-electron chi connectivity index (χ2n) is 5.19. The molecule has 0 radical (unpaired) electrons. The summed E-state index contributed by atoms with van der Waals surface area (Å²) in [6, 6.07) is 6.54. The highest BCUT2D eigenvalue weighted by atomic mass is 79.9. The van der Waals surface area contributed by atoms with E-state index >= 15 is 0 Å². The van der Waals surface area contributed by atoms with E-state index in [1.165, 1.54) is 6.20 Å². The molecular formula is C15H16BrN3O3. The number of carbonyl (C=O) groups excluding carboxylic acids is 1. The average Bonchev–Trinajstić information content (AvgIpc) is 2.93. The molecule has 22 heavy (non-hydrogen) atoms. The number of hydrogen-bond donors (Lipinski definition) is 2. The summed E-state index contributed by atoms with van der Waals surface area (Å²) in [5.74, 6) is -1.72. The molecule has 6 nitrogen and oxygen atoms in total. The molecule has 2 aromatic rings. The van der Waals surface area contributed by atoms with Crippen LogP contribution >= 0.6 is 15.9 Å². The molecule has 0 saturated heterocycles. The molecule has 0 spiro atoms. The molecule has 1 amide bonds. The Bertz CT molecular complexity index is 697. The molecule has 1 heterocycles. The van der Waals surface area contributed by atoms with Gasteiger partial charge in [0.05, 0.1) is 17.4 Å². The Morgan fingerprint density at radius 2 is 2.09 bits per heavy atom. The third kappa shape index (κ3) is 3.73. The van der Waals surface area contributed by atoms with Gasteiger partial charge in [-0.2, -0.15) is 5.10 Å². The van der Waals surface area contributed by atoms with Crippen molar-refractivity contribution in [1.29, 1.82) is 0 Å². The summed E-state index contributed by atoms with van der Waals surface area (Å²) >= 11 is 3.37. The molecule has 0 bridgehead atoms. The van der Waals surface area contributed by atoms with Crippen molar-refractivity contribution in [3.63, 3.8) is 0 Å². The maximum Gasteiger partial charge on any atom is 0.326 e. The first kappa shape index (κ1) is 16.2. The summed E-state index contributed by atoms with van der Waals surface area (Å²) < 4.78 is 2.46. The minimum absolute atomic E-state index is 0.207. The van der Waals surface area contributed by atoms with E-state index in [0.717, 1.165) is 10.2 Å². The minimum atomic E-state index is -1.05. The highest BCUT2D eigenvalue weighted by Gasteiger charge is 2.24. The van der Waals surface area contributed by atoms with Crippen molar-refractivity contribution < 1.29 is 14.7 Å². The number of nitrogens with one attached hydrogen (secondary N) is 1. The first-order valence-corrected chi connectivity index (χ1v) is 7.52. The molecule has 2 N–H and O–H groups in total. The Kier molecular flexibility index (Phi) is 4.97. The average molecular weight is 366 g/mol. The lowest BCUT2D eigenvalue weighted by atomic mass is 10.0. The third-order valence-electron chi connectivity index (χ3n) is 3.14. The van der Waals surface area contributed by atoms with Crippen LogP contribution in [0.4, 0.5) is 0 Å². The molecule has 0 aliphatic rings. The number of halogens is 1. The van der Waals surface area contributed by atoms with Gasteiger partial charge in [-0.25, -0.2) is 9.48 Å². The topological polar surface area (TPSA) is 84.2 Å². The molecule has 1 aromatic carbocycles. The molecule has 2 rings (SSSR count). The number of benzene rings is 1. The number of rotatable bonds is 5. The Morgan fingerprint density at radius 3 is 2.68 bits per heavy atom. The Labute approximate surface area is 136 Å². The van der Waals surface area contributed by atoms with Crippen molar-refractivity contribution in [1.82, 2.24) is 15.1 Å². The van der Waals surface area contributed by atoms with Gasteiger partial charge in [0.25, 0.3) is 5.91 Å². The van der Waals surface area contributed by atoms with Gasteiger partial charge in [-0.3, -0.25) is 4.79 Å². The van der Waals surface area contributed by atoms with Crippen molar-refractivity contribution in [3.8, 4) is 5.69 Å². The van der Waals surface area contributed by atoms with Gasteiger partial charge >= 0.3 is 5.97 Å². The molecule has 0 aliphatic heterocycles. The van der Waals surface area contributed by atoms with E-state index in [0.29, 0.717) is 5.56 Å². The van der Waals surface area contributed by atoms with Crippen LogP contribution in [0.1, 0.15) is 24.2 Å². The fraction of sp³-hybridized carbons (Fsp3) is 0.267. The molecule has 7 heteroatoms. The second kappa shape index (κ2) is 6.74. The highest BCUT2D eigenvalue weighted by Crippen LogP contribution is 2.15. The number of carboxylic acids is 1. The SMILES string of the molecule is CC(C)[C@H](NC(=O)c1cnn(-c2cccc(Br)c2)c1)C(=O)O. The molecule has 0 aliphatic carbocycles. The Balaban J connectivity index is 2.17. The van der Waals surface area contributed by atoms with E-state index in [-0.39, 0.29) is 5.92 Å². The number of carboxylic acid groups (broad SMARTS) is 1. The summed E-state index contributed by atoms with van der Waals surface area (Å²) in [5, 5.41) is 15.8. The van der Waals surface area contributed by atoms with Crippen LogP contribution in [0.3, 0.4) is 0 Å². The molecule has 116 valence electrons. The Hall–Kier alpha value is -2.15. The summed E-state index contributed by atoms with van der Waals surface area (Å²) in [4.78, 5) is 23.3. The van der Waals surface area contributed by atoms with Crippen LogP contribution in [0.25, 0.3) is 5.69 Å². The summed E-state index contributed by atoms with van der Waals surface area (Å²) in [6.07, 6.45) is 2.98. The number of amides is 1.